The first-order valence-corrected chi connectivity index (χ1v) is 17.3. The van der Waals surface area contributed by atoms with E-state index >= 15 is 0 Å². The van der Waals surface area contributed by atoms with Crippen LogP contribution < -0.4 is 0 Å². The van der Waals surface area contributed by atoms with Crippen molar-refractivity contribution in [3.63, 3.8) is 0 Å². The summed E-state index contributed by atoms with van der Waals surface area (Å²) < 4.78 is 12.2. The average Bonchev–Trinajstić information content (AvgIpc) is 2.78. The van der Waals surface area contributed by atoms with Crippen LogP contribution in [-0.4, -0.2) is 39.3 Å². The molecule has 0 saturated heterocycles. The normalized spacial score (nSPS) is 13.5. The number of aliphatic hydroxyl groups excluding tert-OH is 1. The van der Waals surface area contributed by atoms with Crippen molar-refractivity contribution < 1.29 is 14.3 Å². The van der Waals surface area contributed by atoms with E-state index in [1.807, 2.05) is 0 Å². The molecule has 4 heteroatoms. The van der Waals surface area contributed by atoms with Gasteiger partial charge >= 0.3 is 0 Å². The van der Waals surface area contributed by atoms with E-state index in [1.165, 1.54) is 96.3 Å². The number of rotatable bonds is 25. The van der Waals surface area contributed by atoms with E-state index in [4.69, 9.17) is 9.16 Å². The smallest absolute Gasteiger partial charge is 0.200 e. The summed E-state index contributed by atoms with van der Waals surface area (Å²) in [4.78, 5) is 0. The molecule has 0 heterocycles. The van der Waals surface area contributed by atoms with Gasteiger partial charge in [0.15, 0.2) is 8.32 Å². The SMILES string of the molecule is CCCCCCCCCCCCCCCCCCOCC(O)CO[Si](C(C)C)(C(C)C)C(C)C. The van der Waals surface area contributed by atoms with Crippen LogP contribution >= 0.6 is 0 Å². The van der Waals surface area contributed by atoms with Gasteiger partial charge in [-0.3, -0.25) is 0 Å². The van der Waals surface area contributed by atoms with Gasteiger partial charge in [0, 0.05) is 6.61 Å². The minimum Gasteiger partial charge on any atom is -0.413 e. The summed E-state index contributed by atoms with van der Waals surface area (Å²) in [6.07, 6.45) is 21.6. The number of hydrogen-bond acceptors (Lipinski definition) is 3. The lowest BCUT2D eigenvalue weighted by molar-refractivity contribution is 0.00724. The first-order valence-electron chi connectivity index (χ1n) is 15.2. The molecular formula is C30H64O3Si. The minimum atomic E-state index is -1.90. The third-order valence-corrected chi connectivity index (χ3v) is 13.8. The summed E-state index contributed by atoms with van der Waals surface area (Å²) in [6.45, 7) is 17.6. The third kappa shape index (κ3) is 16.0. The van der Waals surface area contributed by atoms with Crippen LogP contribution in [0.5, 0.6) is 0 Å². The predicted octanol–water partition coefficient (Wildman–Crippen LogP) is 9.82. The Balaban J connectivity index is 3.55. The van der Waals surface area contributed by atoms with Crippen LogP contribution in [0, 0.1) is 0 Å². The summed E-state index contributed by atoms with van der Waals surface area (Å²) in [5, 5.41) is 10.4. The molecule has 1 atom stereocenters. The number of aliphatic hydroxyl groups is 1. The lowest BCUT2D eigenvalue weighted by Crippen LogP contribution is -2.49. The highest BCUT2D eigenvalue weighted by molar-refractivity contribution is 6.77. The van der Waals surface area contributed by atoms with Gasteiger partial charge in [0.25, 0.3) is 0 Å². The Morgan fingerprint density at radius 3 is 1.24 bits per heavy atom. The number of hydrogen-bond donors (Lipinski definition) is 1. The summed E-state index contributed by atoms with van der Waals surface area (Å²) in [5.41, 5.74) is 1.64. The lowest BCUT2D eigenvalue weighted by Gasteiger charge is -2.42. The Morgan fingerprint density at radius 1 is 0.529 bits per heavy atom. The highest BCUT2D eigenvalue weighted by Gasteiger charge is 2.45. The van der Waals surface area contributed by atoms with Crippen LogP contribution in [0.4, 0.5) is 0 Å². The van der Waals surface area contributed by atoms with Crippen molar-refractivity contribution in [1.82, 2.24) is 0 Å². The molecule has 0 bridgehead atoms. The molecule has 3 nitrogen and oxygen atoms in total. The predicted molar refractivity (Wildman–Crippen MR) is 153 cm³/mol. The lowest BCUT2D eigenvalue weighted by atomic mass is 10.0. The van der Waals surface area contributed by atoms with Gasteiger partial charge in [-0.05, 0) is 23.0 Å². The van der Waals surface area contributed by atoms with Gasteiger partial charge < -0.3 is 14.3 Å². The summed E-state index contributed by atoms with van der Waals surface area (Å²) in [6, 6.07) is 0. The quantitative estimate of drug-likeness (QED) is 0.100. The van der Waals surface area contributed by atoms with E-state index in [2.05, 4.69) is 48.5 Å². The van der Waals surface area contributed by atoms with E-state index in [-0.39, 0.29) is 0 Å². The topological polar surface area (TPSA) is 38.7 Å². The maximum absolute atomic E-state index is 10.4. The minimum absolute atomic E-state index is 0.400. The fourth-order valence-electron chi connectivity index (χ4n) is 5.76. The second-order valence-electron chi connectivity index (χ2n) is 11.7. The Morgan fingerprint density at radius 2 is 0.882 bits per heavy atom. The van der Waals surface area contributed by atoms with Gasteiger partial charge in [0.05, 0.1) is 19.3 Å². The molecule has 0 aliphatic heterocycles. The summed E-state index contributed by atoms with van der Waals surface area (Å²) >= 11 is 0. The van der Waals surface area contributed by atoms with Crippen LogP contribution in [-0.2, 0) is 9.16 Å². The second-order valence-corrected chi connectivity index (χ2v) is 17.1. The number of unbranched alkanes of at least 4 members (excludes halogenated alkanes) is 15. The molecule has 34 heavy (non-hydrogen) atoms. The Labute approximate surface area is 216 Å². The van der Waals surface area contributed by atoms with Crippen LogP contribution in [0.25, 0.3) is 0 Å². The Kier molecular flexibility index (Phi) is 22.4. The maximum atomic E-state index is 10.4. The molecule has 1 N–H and O–H groups in total. The van der Waals surface area contributed by atoms with Crippen molar-refractivity contribution in [2.75, 3.05) is 19.8 Å². The molecule has 1 unspecified atom stereocenters. The van der Waals surface area contributed by atoms with Gasteiger partial charge in [0.1, 0.15) is 0 Å². The van der Waals surface area contributed by atoms with E-state index in [1.54, 1.807) is 0 Å². The van der Waals surface area contributed by atoms with Gasteiger partial charge in [-0.1, -0.05) is 145 Å². The van der Waals surface area contributed by atoms with Crippen LogP contribution in [0.3, 0.4) is 0 Å². The Bertz CT molecular complexity index is 403. The van der Waals surface area contributed by atoms with Crippen molar-refractivity contribution in [3.05, 3.63) is 0 Å². The molecule has 0 aromatic rings. The Hall–Kier alpha value is 0.0969. The largest absolute Gasteiger partial charge is 0.413 e. The highest BCUT2D eigenvalue weighted by atomic mass is 28.4. The van der Waals surface area contributed by atoms with Crippen molar-refractivity contribution in [2.45, 2.75) is 174 Å². The average molecular weight is 501 g/mol. The molecule has 0 rings (SSSR count). The van der Waals surface area contributed by atoms with Crippen LogP contribution in [0.2, 0.25) is 16.6 Å². The zero-order valence-corrected chi connectivity index (χ0v) is 25.5. The van der Waals surface area contributed by atoms with Gasteiger partial charge in [0.2, 0.25) is 0 Å². The van der Waals surface area contributed by atoms with Gasteiger partial charge in [-0.2, -0.15) is 0 Å². The maximum Gasteiger partial charge on any atom is 0.200 e. The fraction of sp³-hybridized carbons (Fsp3) is 1.00. The molecule has 0 aromatic carbocycles. The zero-order valence-electron chi connectivity index (χ0n) is 24.5. The molecule has 0 aliphatic rings. The van der Waals surface area contributed by atoms with Crippen LogP contribution in [0.15, 0.2) is 0 Å². The summed E-state index contributed by atoms with van der Waals surface area (Å²) in [7, 11) is -1.90. The first-order chi connectivity index (χ1) is 16.3. The second kappa shape index (κ2) is 22.3. The van der Waals surface area contributed by atoms with E-state index in [0.29, 0.717) is 29.8 Å². The number of ether oxygens (including phenoxy) is 1. The first kappa shape index (κ1) is 34.1. The van der Waals surface area contributed by atoms with Crippen molar-refractivity contribution in [1.29, 1.82) is 0 Å². The van der Waals surface area contributed by atoms with Crippen molar-refractivity contribution in [2.24, 2.45) is 0 Å². The van der Waals surface area contributed by atoms with Crippen molar-refractivity contribution >= 4 is 8.32 Å². The van der Waals surface area contributed by atoms with Gasteiger partial charge in [-0.25, -0.2) is 0 Å². The third-order valence-electron chi connectivity index (χ3n) is 7.69. The zero-order chi connectivity index (χ0) is 25.7. The molecule has 0 radical (unpaired) electrons. The molecule has 0 amide bonds. The van der Waals surface area contributed by atoms with E-state index < -0.39 is 14.4 Å². The molecule has 0 fully saturated rings. The van der Waals surface area contributed by atoms with E-state index in [0.717, 1.165) is 13.0 Å². The molecule has 0 aromatic heterocycles. The molecule has 0 saturated carbocycles. The standard InChI is InChI=1S/C30H64O3Si/c1-8-9-10-11-12-13-14-15-16-17-18-19-20-21-22-23-24-32-25-30(31)26-33-34(27(2)3,28(4)5)29(6)7/h27-31H,8-26H2,1-7H3. The van der Waals surface area contributed by atoms with Crippen molar-refractivity contribution in [3.8, 4) is 0 Å². The fourth-order valence-corrected chi connectivity index (χ4v) is 11.2. The summed E-state index contributed by atoms with van der Waals surface area (Å²) in [5.74, 6) is 0. The molecular weight excluding hydrogens is 436 g/mol. The molecule has 0 aliphatic carbocycles. The molecule has 206 valence electrons. The monoisotopic (exact) mass is 500 g/mol. The van der Waals surface area contributed by atoms with Crippen LogP contribution in [0.1, 0.15) is 151 Å². The highest BCUT2D eigenvalue weighted by Crippen LogP contribution is 2.42. The van der Waals surface area contributed by atoms with E-state index in [9.17, 15) is 5.11 Å². The van der Waals surface area contributed by atoms with Gasteiger partial charge in [-0.15, -0.1) is 0 Å². The molecule has 0 spiro atoms.